The predicted molar refractivity (Wildman–Crippen MR) is 60.1 cm³/mol. The number of carbonyl (C=O) groups is 1. The number of hydrogen-bond donors (Lipinski definition) is 0. The number of rotatable bonds is 2. The Bertz CT molecular complexity index is 150. The van der Waals surface area contributed by atoms with Gasteiger partial charge in [0.1, 0.15) is 5.78 Å². The van der Waals surface area contributed by atoms with Crippen LogP contribution in [0.1, 0.15) is 33.6 Å². The molecule has 0 N–H and O–H groups in total. The van der Waals surface area contributed by atoms with Crippen LogP contribution < -0.4 is 0 Å². The summed E-state index contributed by atoms with van der Waals surface area (Å²) in [6.45, 7) is 5.68. The van der Waals surface area contributed by atoms with Gasteiger partial charge in [-0.05, 0) is 26.1 Å². The molecule has 1 unspecified atom stereocenters. The zero-order valence-corrected chi connectivity index (χ0v) is 9.99. The largest absolute Gasteiger partial charge is 0.300 e. The van der Waals surface area contributed by atoms with E-state index in [1.165, 1.54) is 12.2 Å². The molecule has 0 aromatic heterocycles. The molecular weight excluding hydrogens is 182 g/mol. The van der Waals surface area contributed by atoms with Crippen LogP contribution in [0.2, 0.25) is 0 Å². The van der Waals surface area contributed by atoms with Gasteiger partial charge in [-0.15, -0.1) is 11.8 Å². The van der Waals surface area contributed by atoms with E-state index in [4.69, 9.17) is 0 Å². The maximum atomic E-state index is 10.8. The SMILES string of the molecule is CC.CC(=O)CC1CCSCN1C. The molecule has 0 radical (unpaired) electrons. The van der Waals surface area contributed by atoms with E-state index < -0.39 is 0 Å². The Morgan fingerprint density at radius 3 is 2.62 bits per heavy atom. The standard InChI is InChI=1S/C8H15NOS.C2H6/c1-7(10)5-8-3-4-11-6-9(8)2;1-2/h8H,3-6H2,1-2H3;1-2H3. The second-order valence-corrected chi connectivity index (χ2v) is 4.22. The van der Waals surface area contributed by atoms with Crippen LogP contribution in [-0.4, -0.2) is 35.4 Å². The fraction of sp³-hybridized carbons (Fsp3) is 0.900. The minimum Gasteiger partial charge on any atom is -0.300 e. The highest BCUT2D eigenvalue weighted by Crippen LogP contribution is 2.20. The molecule has 1 fully saturated rings. The number of thioether (sulfide) groups is 1. The lowest BCUT2D eigenvalue weighted by molar-refractivity contribution is -0.118. The molecule has 1 aliphatic heterocycles. The lowest BCUT2D eigenvalue weighted by Crippen LogP contribution is -2.36. The maximum absolute atomic E-state index is 10.8. The van der Waals surface area contributed by atoms with Gasteiger partial charge < -0.3 is 0 Å². The first-order valence-electron chi connectivity index (χ1n) is 4.97. The van der Waals surface area contributed by atoms with E-state index >= 15 is 0 Å². The van der Waals surface area contributed by atoms with Gasteiger partial charge in [0.2, 0.25) is 0 Å². The Morgan fingerprint density at radius 2 is 2.15 bits per heavy atom. The molecule has 1 atom stereocenters. The van der Waals surface area contributed by atoms with Gasteiger partial charge in [0, 0.05) is 18.3 Å². The summed E-state index contributed by atoms with van der Waals surface area (Å²) < 4.78 is 0. The van der Waals surface area contributed by atoms with Gasteiger partial charge in [-0.3, -0.25) is 9.69 Å². The third-order valence-corrected chi connectivity index (χ3v) is 3.15. The maximum Gasteiger partial charge on any atom is 0.131 e. The quantitative estimate of drug-likeness (QED) is 0.687. The summed E-state index contributed by atoms with van der Waals surface area (Å²) in [7, 11) is 2.10. The lowest BCUT2D eigenvalue weighted by Gasteiger charge is -2.31. The second kappa shape index (κ2) is 7.39. The first-order valence-corrected chi connectivity index (χ1v) is 6.13. The second-order valence-electron chi connectivity index (χ2n) is 3.14. The summed E-state index contributed by atoms with van der Waals surface area (Å²) in [6.07, 6.45) is 1.90. The van der Waals surface area contributed by atoms with Crippen molar-refractivity contribution in [2.75, 3.05) is 18.7 Å². The molecule has 1 heterocycles. The smallest absolute Gasteiger partial charge is 0.131 e. The lowest BCUT2D eigenvalue weighted by atomic mass is 10.1. The number of ketones is 1. The van der Waals surface area contributed by atoms with Crippen molar-refractivity contribution in [2.24, 2.45) is 0 Å². The van der Waals surface area contributed by atoms with Crippen LogP contribution in [0.3, 0.4) is 0 Å². The van der Waals surface area contributed by atoms with Crippen LogP contribution in [0.25, 0.3) is 0 Å². The Morgan fingerprint density at radius 1 is 1.54 bits per heavy atom. The average molecular weight is 203 g/mol. The summed E-state index contributed by atoms with van der Waals surface area (Å²) in [4.78, 5) is 13.1. The molecule has 0 saturated carbocycles. The van der Waals surface area contributed by atoms with Crippen LogP contribution >= 0.6 is 11.8 Å². The molecule has 13 heavy (non-hydrogen) atoms. The van der Waals surface area contributed by atoms with Gasteiger partial charge in [-0.1, -0.05) is 13.8 Å². The molecule has 0 spiro atoms. The third-order valence-electron chi connectivity index (χ3n) is 2.04. The van der Waals surface area contributed by atoms with Gasteiger partial charge in [0.05, 0.1) is 0 Å². The van der Waals surface area contributed by atoms with Gasteiger partial charge >= 0.3 is 0 Å². The van der Waals surface area contributed by atoms with E-state index in [0.717, 1.165) is 12.3 Å². The van der Waals surface area contributed by atoms with Crippen molar-refractivity contribution in [3.05, 3.63) is 0 Å². The molecule has 0 aromatic rings. The molecule has 1 saturated heterocycles. The number of Topliss-reactive ketones (excluding diaryl/α,β-unsaturated/α-hetero) is 1. The van der Waals surface area contributed by atoms with E-state index in [-0.39, 0.29) is 0 Å². The number of hydrogen-bond acceptors (Lipinski definition) is 3. The molecule has 3 heteroatoms. The summed E-state index contributed by atoms with van der Waals surface area (Å²) >= 11 is 1.95. The zero-order chi connectivity index (χ0) is 10.3. The normalized spacial score (nSPS) is 23.2. The van der Waals surface area contributed by atoms with Gasteiger partial charge in [-0.2, -0.15) is 0 Å². The summed E-state index contributed by atoms with van der Waals surface area (Å²) in [5.41, 5.74) is 0. The Labute approximate surface area is 86.1 Å². The van der Waals surface area contributed by atoms with Crippen molar-refractivity contribution in [3.63, 3.8) is 0 Å². The molecule has 0 amide bonds. The summed E-state index contributed by atoms with van der Waals surface area (Å²) in [5, 5.41) is 0. The first-order chi connectivity index (χ1) is 6.20. The average Bonchev–Trinajstić information content (AvgIpc) is 2.12. The van der Waals surface area contributed by atoms with Crippen LogP contribution in [0, 0.1) is 0 Å². The van der Waals surface area contributed by atoms with Crippen molar-refractivity contribution in [2.45, 2.75) is 39.7 Å². The van der Waals surface area contributed by atoms with E-state index in [1.807, 2.05) is 25.6 Å². The Balaban J connectivity index is 0.000000671. The van der Waals surface area contributed by atoms with Crippen LogP contribution in [0.15, 0.2) is 0 Å². The van der Waals surface area contributed by atoms with Crippen molar-refractivity contribution in [1.82, 2.24) is 4.90 Å². The van der Waals surface area contributed by atoms with Gasteiger partial charge in [-0.25, -0.2) is 0 Å². The van der Waals surface area contributed by atoms with Crippen LogP contribution in [0.4, 0.5) is 0 Å². The number of nitrogens with zero attached hydrogens (tertiary/aromatic N) is 1. The Hall–Kier alpha value is -0.0200. The van der Waals surface area contributed by atoms with Crippen LogP contribution in [-0.2, 0) is 4.79 Å². The van der Waals surface area contributed by atoms with E-state index in [2.05, 4.69) is 11.9 Å². The molecule has 0 bridgehead atoms. The number of carbonyl (C=O) groups excluding carboxylic acids is 1. The van der Waals surface area contributed by atoms with Crippen molar-refractivity contribution < 1.29 is 4.79 Å². The molecule has 2 nitrogen and oxygen atoms in total. The molecule has 1 rings (SSSR count). The molecular formula is C10H21NOS. The van der Waals surface area contributed by atoms with Gasteiger partial charge in [0.15, 0.2) is 0 Å². The fourth-order valence-corrected chi connectivity index (χ4v) is 2.41. The molecule has 1 aliphatic rings. The van der Waals surface area contributed by atoms with Crippen molar-refractivity contribution in [1.29, 1.82) is 0 Å². The van der Waals surface area contributed by atoms with Gasteiger partial charge in [0.25, 0.3) is 0 Å². The van der Waals surface area contributed by atoms with E-state index in [9.17, 15) is 4.79 Å². The first kappa shape index (κ1) is 13.0. The molecule has 0 aromatic carbocycles. The van der Waals surface area contributed by atoms with E-state index in [0.29, 0.717) is 11.8 Å². The minimum absolute atomic E-state index is 0.314. The van der Waals surface area contributed by atoms with Crippen molar-refractivity contribution in [3.8, 4) is 0 Å². The zero-order valence-electron chi connectivity index (χ0n) is 9.17. The molecule has 0 aliphatic carbocycles. The summed E-state index contributed by atoms with van der Waals surface area (Å²) in [6, 6.07) is 0.508. The fourth-order valence-electron chi connectivity index (χ4n) is 1.34. The highest BCUT2D eigenvalue weighted by atomic mass is 32.2. The minimum atomic E-state index is 0.314. The van der Waals surface area contributed by atoms with E-state index in [1.54, 1.807) is 6.92 Å². The third kappa shape index (κ3) is 5.32. The highest BCUT2D eigenvalue weighted by molar-refractivity contribution is 7.99. The predicted octanol–water partition coefficient (Wildman–Crippen LogP) is 2.39. The topological polar surface area (TPSA) is 20.3 Å². The van der Waals surface area contributed by atoms with Crippen LogP contribution in [0.5, 0.6) is 0 Å². The summed E-state index contributed by atoms with van der Waals surface area (Å²) in [5.74, 6) is 2.61. The van der Waals surface area contributed by atoms with Crippen molar-refractivity contribution >= 4 is 17.5 Å². The molecule has 78 valence electrons. The highest BCUT2D eigenvalue weighted by Gasteiger charge is 2.19. The monoisotopic (exact) mass is 203 g/mol. The Kier molecular flexibility index (Phi) is 7.38.